The lowest BCUT2D eigenvalue weighted by atomic mass is 9.90. The average molecular weight is 206 g/mol. The van der Waals surface area contributed by atoms with Crippen molar-refractivity contribution in [2.24, 2.45) is 11.8 Å². The minimum Gasteiger partial charge on any atom is -0.396 e. The van der Waals surface area contributed by atoms with Crippen molar-refractivity contribution in [2.75, 3.05) is 18.1 Å². The molecule has 0 bridgehead atoms. The van der Waals surface area contributed by atoms with Crippen LogP contribution in [0.25, 0.3) is 0 Å². The van der Waals surface area contributed by atoms with Gasteiger partial charge in [0.05, 0.1) is 11.5 Å². The summed E-state index contributed by atoms with van der Waals surface area (Å²) in [5.74, 6) is 1.49. The van der Waals surface area contributed by atoms with Crippen molar-refractivity contribution in [1.82, 2.24) is 0 Å². The van der Waals surface area contributed by atoms with E-state index in [4.69, 9.17) is 5.11 Å². The lowest BCUT2D eigenvalue weighted by Crippen LogP contribution is -2.13. The third kappa shape index (κ3) is 3.27. The zero-order valence-electron chi connectivity index (χ0n) is 8.07. The molecule has 2 unspecified atom stereocenters. The van der Waals surface area contributed by atoms with Crippen LogP contribution in [-0.4, -0.2) is 31.6 Å². The summed E-state index contributed by atoms with van der Waals surface area (Å²) in [4.78, 5) is 0. The fourth-order valence-corrected chi connectivity index (χ4v) is 3.90. The first-order valence-corrected chi connectivity index (χ1v) is 6.68. The van der Waals surface area contributed by atoms with E-state index >= 15 is 0 Å². The SMILES string of the molecule is CC(CCCO)C1CCS(=O)(=O)C1. The topological polar surface area (TPSA) is 54.4 Å². The standard InChI is InChI=1S/C9H18O3S/c1-8(3-2-5-10)9-4-6-13(11,12)7-9/h8-10H,2-7H2,1H3. The highest BCUT2D eigenvalue weighted by molar-refractivity contribution is 7.91. The van der Waals surface area contributed by atoms with Crippen LogP contribution in [0.15, 0.2) is 0 Å². The van der Waals surface area contributed by atoms with Gasteiger partial charge >= 0.3 is 0 Å². The maximum absolute atomic E-state index is 11.2. The Kier molecular flexibility index (Phi) is 3.74. The summed E-state index contributed by atoms with van der Waals surface area (Å²) < 4.78 is 22.3. The second kappa shape index (κ2) is 4.42. The average Bonchev–Trinajstić information content (AvgIpc) is 2.42. The van der Waals surface area contributed by atoms with Gasteiger partial charge in [0.1, 0.15) is 0 Å². The number of hydrogen-bond donors (Lipinski definition) is 1. The molecular formula is C9H18O3S. The predicted molar refractivity (Wildman–Crippen MR) is 52.2 cm³/mol. The van der Waals surface area contributed by atoms with Gasteiger partial charge in [0.2, 0.25) is 0 Å². The number of rotatable bonds is 4. The van der Waals surface area contributed by atoms with Crippen LogP contribution < -0.4 is 0 Å². The molecule has 1 N–H and O–H groups in total. The Hall–Kier alpha value is -0.0900. The Morgan fingerprint density at radius 2 is 2.23 bits per heavy atom. The summed E-state index contributed by atoms with van der Waals surface area (Å²) in [6, 6.07) is 0. The van der Waals surface area contributed by atoms with Crippen LogP contribution in [0, 0.1) is 11.8 Å². The van der Waals surface area contributed by atoms with Gasteiger partial charge in [-0.3, -0.25) is 0 Å². The molecule has 1 aliphatic heterocycles. The molecule has 2 atom stereocenters. The van der Waals surface area contributed by atoms with Crippen molar-refractivity contribution in [1.29, 1.82) is 0 Å². The van der Waals surface area contributed by atoms with E-state index in [-0.39, 0.29) is 6.61 Å². The number of hydrogen-bond acceptors (Lipinski definition) is 3. The zero-order valence-corrected chi connectivity index (χ0v) is 8.89. The van der Waals surface area contributed by atoms with Crippen molar-refractivity contribution in [3.8, 4) is 0 Å². The molecule has 1 fully saturated rings. The third-order valence-corrected chi connectivity index (χ3v) is 4.68. The van der Waals surface area contributed by atoms with Crippen LogP contribution in [-0.2, 0) is 9.84 Å². The monoisotopic (exact) mass is 206 g/mol. The van der Waals surface area contributed by atoms with Crippen molar-refractivity contribution >= 4 is 9.84 Å². The van der Waals surface area contributed by atoms with E-state index in [2.05, 4.69) is 6.92 Å². The Morgan fingerprint density at radius 3 is 2.69 bits per heavy atom. The van der Waals surface area contributed by atoms with Gasteiger partial charge in [0.15, 0.2) is 9.84 Å². The molecule has 1 heterocycles. The van der Waals surface area contributed by atoms with Gasteiger partial charge in [0.25, 0.3) is 0 Å². The van der Waals surface area contributed by atoms with E-state index in [0.717, 1.165) is 19.3 Å². The molecule has 0 aromatic carbocycles. The summed E-state index contributed by atoms with van der Waals surface area (Å²) in [6.07, 6.45) is 2.54. The lowest BCUT2D eigenvalue weighted by molar-refractivity contribution is 0.259. The first-order valence-electron chi connectivity index (χ1n) is 4.86. The molecule has 78 valence electrons. The molecule has 0 aliphatic carbocycles. The third-order valence-electron chi connectivity index (χ3n) is 2.89. The summed E-state index contributed by atoms with van der Waals surface area (Å²) in [5, 5.41) is 8.64. The molecule has 3 nitrogen and oxygen atoms in total. The normalized spacial score (nSPS) is 28.9. The number of aliphatic hydroxyl groups excluding tert-OH is 1. The second-order valence-corrected chi connectivity index (χ2v) is 6.23. The van der Waals surface area contributed by atoms with Gasteiger partial charge in [0, 0.05) is 6.61 Å². The van der Waals surface area contributed by atoms with Crippen LogP contribution in [0.5, 0.6) is 0 Å². The van der Waals surface area contributed by atoms with Crippen LogP contribution in [0.1, 0.15) is 26.2 Å². The first-order chi connectivity index (χ1) is 6.05. The van der Waals surface area contributed by atoms with Crippen LogP contribution in [0.2, 0.25) is 0 Å². The summed E-state index contributed by atoms with van der Waals surface area (Å²) >= 11 is 0. The van der Waals surface area contributed by atoms with Gasteiger partial charge in [-0.1, -0.05) is 6.92 Å². The second-order valence-electron chi connectivity index (χ2n) is 4.01. The van der Waals surface area contributed by atoms with Gasteiger partial charge < -0.3 is 5.11 Å². The lowest BCUT2D eigenvalue weighted by Gasteiger charge is -2.16. The fourth-order valence-electron chi connectivity index (χ4n) is 1.92. The quantitative estimate of drug-likeness (QED) is 0.741. The summed E-state index contributed by atoms with van der Waals surface area (Å²) in [5.41, 5.74) is 0. The van der Waals surface area contributed by atoms with Crippen molar-refractivity contribution in [2.45, 2.75) is 26.2 Å². The van der Waals surface area contributed by atoms with E-state index in [1.807, 2.05) is 0 Å². The van der Waals surface area contributed by atoms with Gasteiger partial charge in [-0.05, 0) is 31.1 Å². The van der Waals surface area contributed by atoms with E-state index in [0.29, 0.717) is 23.3 Å². The maximum atomic E-state index is 11.2. The highest BCUT2D eigenvalue weighted by Gasteiger charge is 2.30. The summed E-state index contributed by atoms with van der Waals surface area (Å²) in [7, 11) is -2.73. The highest BCUT2D eigenvalue weighted by atomic mass is 32.2. The van der Waals surface area contributed by atoms with Gasteiger partial charge in [-0.2, -0.15) is 0 Å². The minimum atomic E-state index is -2.73. The van der Waals surface area contributed by atoms with E-state index in [1.165, 1.54) is 0 Å². The van der Waals surface area contributed by atoms with E-state index in [9.17, 15) is 8.42 Å². The zero-order chi connectivity index (χ0) is 9.90. The molecule has 4 heteroatoms. The number of sulfone groups is 1. The van der Waals surface area contributed by atoms with Crippen LogP contribution in [0.3, 0.4) is 0 Å². The molecule has 13 heavy (non-hydrogen) atoms. The minimum absolute atomic E-state index is 0.212. The van der Waals surface area contributed by atoms with Gasteiger partial charge in [-0.25, -0.2) is 8.42 Å². The molecule has 0 amide bonds. The Balaban J connectivity index is 2.37. The fraction of sp³-hybridized carbons (Fsp3) is 1.00. The molecular weight excluding hydrogens is 188 g/mol. The van der Waals surface area contributed by atoms with Gasteiger partial charge in [-0.15, -0.1) is 0 Å². The molecule has 0 saturated carbocycles. The molecule has 0 aromatic heterocycles. The van der Waals surface area contributed by atoms with Crippen LogP contribution in [0.4, 0.5) is 0 Å². The Morgan fingerprint density at radius 1 is 1.54 bits per heavy atom. The smallest absolute Gasteiger partial charge is 0.150 e. The Bertz CT molecular complexity index is 246. The Labute approximate surface area is 80.1 Å². The molecule has 1 saturated heterocycles. The van der Waals surface area contributed by atoms with E-state index in [1.54, 1.807) is 0 Å². The van der Waals surface area contributed by atoms with Crippen LogP contribution >= 0.6 is 0 Å². The molecule has 1 rings (SSSR count). The van der Waals surface area contributed by atoms with E-state index < -0.39 is 9.84 Å². The van der Waals surface area contributed by atoms with Crippen molar-refractivity contribution in [3.63, 3.8) is 0 Å². The summed E-state index contributed by atoms with van der Waals surface area (Å²) in [6.45, 7) is 2.30. The van der Waals surface area contributed by atoms with Crippen molar-refractivity contribution in [3.05, 3.63) is 0 Å². The predicted octanol–water partition coefficient (Wildman–Crippen LogP) is 0.830. The molecule has 0 radical (unpaired) electrons. The first kappa shape index (κ1) is 11.0. The molecule has 0 spiro atoms. The maximum Gasteiger partial charge on any atom is 0.150 e. The largest absolute Gasteiger partial charge is 0.396 e. The molecule has 1 aliphatic rings. The molecule has 0 aromatic rings. The highest BCUT2D eigenvalue weighted by Crippen LogP contribution is 2.28. The van der Waals surface area contributed by atoms with Crippen molar-refractivity contribution < 1.29 is 13.5 Å². The number of aliphatic hydroxyl groups is 1.